The number of carbonyl (C=O) groups excluding carboxylic acids is 4. The van der Waals surface area contributed by atoms with E-state index in [1.165, 1.54) is 6.92 Å². The van der Waals surface area contributed by atoms with Gasteiger partial charge in [0.05, 0.1) is 0 Å². The SMILES string of the molecule is C#CN(C(=O)C(C)NC(=O)OC(C)(C)C)C(C(=O)NC(Cc1ccccc1)C(=O)OC(C)(C)C)c1ccc(C)cc1. The van der Waals surface area contributed by atoms with Crippen molar-refractivity contribution in [3.8, 4) is 12.5 Å². The molecule has 3 unspecified atom stereocenters. The largest absolute Gasteiger partial charge is 0.458 e. The maximum atomic E-state index is 13.9. The number of esters is 1. The van der Waals surface area contributed by atoms with E-state index < -0.39 is 53.2 Å². The first kappa shape index (κ1) is 32.9. The summed E-state index contributed by atoms with van der Waals surface area (Å²) in [6.45, 7) is 13.6. The Bertz CT molecular complexity index is 1250. The van der Waals surface area contributed by atoms with Crippen LogP contribution in [0.2, 0.25) is 0 Å². The van der Waals surface area contributed by atoms with E-state index in [0.717, 1.165) is 16.0 Å². The van der Waals surface area contributed by atoms with Crippen LogP contribution in [0, 0.1) is 19.4 Å². The number of nitrogens with one attached hydrogen (secondary N) is 2. The molecule has 2 N–H and O–H groups in total. The number of benzene rings is 2. The Hall–Kier alpha value is -4.32. The smallest absolute Gasteiger partial charge is 0.408 e. The van der Waals surface area contributed by atoms with Crippen LogP contribution in [0.4, 0.5) is 4.79 Å². The predicted octanol–water partition coefficient (Wildman–Crippen LogP) is 4.44. The van der Waals surface area contributed by atoms with Gasteiger partial charge in [-0.3, -0.25) is 14.5 Å². The Balaban J connectivity index is 2.43. The van der Waals surface area contributed by atoms with Gasteiger partial charge in [-0.15, -0.1) is 0 Å². The van der Waals surface area contributed by atoms with Gasteiger partial charge in [0.15, 0.2) is 0 Å². The number of alkyl carbamates (subject to hydrolysis) is 1. The van der Waals surface area contributed by atoms with Crippen molar-refractivity contribution in [1.29, 1.82) is 0 Å². The number of nitrogens with zero attached hydrogens (tertiary/aromatic N) is 1. The summed E-state index contributed by atoms with van der Waals surface area (Å²) in [5.41, 5.74) is 0.582. The number of aryl methyl sites for hydroxylation is 1. The Kier molecular flexibility index (Phi) is 11.1. The number of terminal acetylenes is 1. The van der Waals surface area contributed by atoms with Gasteiger partial charge in [-0.25, -0.2) is 9.59 Å². The summed E-state index contributed by atoms with van der Waals surface area (Å²) in [6, 6.07) is 14.9. The van der Waals surface area contributed by atoms with Crippen molar-refractivity contribution < 1.29 is 28.7 Å². The number of rotatable bonds is 9. The first-order valence-electron chi connectivity index (χ1n) is 13.4. The molecule has 3 atom stereocenters. The zero-order valence-corrected chi connectivity index (χ0v) is 25.1. The van der Waals surface area contributed by atoms with E-state index in [0.29, 0.717) is 5.56 Å². The van der Waals surface area contributed by atoms with Crippen molar-refractivity contribution in [2.45, 2.75) is 91.1 Å². The molecule has 9 nitrogen and oxygen atoms in total. The molecular weight excluding hydrogens is 522 g/mol. The Morgan fingerprint density at radius 2 is 1.44 bits per heavy atom. The van der Waals surface area contributed by atoms with Crippen molar-refractivity contribution in [1.82, 2.24) is 15.5 Å². The maximum Gasteiger partial charge on any atom is 0.408 e. The Morgan fingerprint density at radius 1 is 0.878 bits per heavy atom. The van der Waals surface area contributed by atoms with Crippen molar-refractivity contribution in [3.05, 3.63) is 71.3 Å². The van der Waals surface area contributed by atoms with Crippen molar-refractivity contribution in [2.75, 3.05) is 0 Å². The molecule has 9 heteroatoms. The van der Waals surface area contributed by atoms with Gasteiger partial charge in [-0.2, -0.15) is 0 Å². The van der Waals surface area contributed by atoms with E-state index in [2.05, 4.69) is 16.7 Å². The van der Waals surface area contributed by atoms with Crippen molar-refractivity contribution in [3.63, 3.8) is 0 Å². The van der Waals surface area contributed by atoms with Crippen LogP contribution in [0.5, 0.6) is 0 Å². The van der Waals surface area contributed by atoms with Gasteiger partial charge in [0, 0.05) is 12.5 Å². The summed E-state index contributed by atoms with van der Waals surface area (Å²) >= 11 is 0. The molecule has 0 aliphatic heterocycles. The standard InChI is InChI=1S/C32H41N3O6/c1-10-35(28(37)22(3)33-30(39)41-32(7,8)9)26(24-18-16-21(2)17-19-24)27(36)34-25(29(38)40-31(4,5)6)20-23-14-12-11-13-15-23/h1,11-19,22,25-26H,20H2,2-9H3,(H,33,39)(H,34,36). The highest BCUT2D eigenvalue weighted by Gasteiger charge is 2.37. The second-order valence-electron chi connectivity index (χ2n) is 11.8. The average molecular weight is 564 g/mol. The van der Waals surface area contributed by atoms with Gasteiger partial charge in [-0.05, 0) is 66.5 Å². The lowest BCUT2D eigenvalue weighted by atomic mass is 10.0. The second kappa shape index (κ2) is 13.8. The molecular formula is C32H41N3O6. The van der Waals surface area contributed by atoms with E-state index in [-0.39, 0.29) is 6.42 Å². The fraction of sp³-hybridized carbons (Fsp3) is 0.438. The second-order valence-corrected chi connectivity index (χ2v) is 11.8. The van der Waals surface area contributed by atoms with Crippen LogP contribution in [0.1, 0.15) is 71.2 Å². The van der Waals surface area contributed by atoms with E-state index in [1.54, 1.807) is 65.8 Å². The average Bonchev–Trinajstić information content (AvgIpc) is 2.85. The fourth-order valence-electron chi connectivity index (χ4n) is 3.85. The van der Waals surface area contributed by atoms with Crippen LogP contribution in [0.3, 0.4) is 0 Å². The van der Waals surface area contributed by atoms with Crippen LogP contribution in [0.15, 0.2) is 54.6 Å². The first-order valence-corrected chi connectivity index (χ1v) is 13.4. The lowest BCUT2D eigenvalue weighted by molar-refractivity contribution is -0.159. The fourth-order valence-corrected chi connectivity index (χ4v) is 3.85. The van der Waals surface area contributed by atoms with Gasteiger partial charge in [0.1, 0.15) is 29.3 Å². The van der Waals surface area contributed by atoms with Gasteiger partial charge in [-0.1, -0.05) is 66.6 Å². The normalized spacial score (nSPS) is 13.5. The topological polar surface area (TPSA) is 114 Å². The third kappa shape index (κ3) is 10.6. The first-order chi connectivity index (χ1) is 19.0. The lowest BCUT2D eigenvalue weighted by Crippen LogP contribution is -2.53. The zero-order valence-electron chi connectivity index (χ0n) is 25.1. The predicted molar refractivity (Wildman–Crippen MR) is 156 cm³/mol. The molecule has 0 aliphatic rings. The minimum absolute atomic E-state index is 0.155. The molecule has 0 bridgehead atoms. The summed E-state index contributed by atoms with van der Waals surface area (Å²) in [5, 5.41) is 5.24. The highest BCUT2D eigenvalue weighted by atomic mass is 16.6. The minimum Gasteiger partial charge on any atom is -0.458 e. The summed E-state index contributed by atoms with van der Waals surface area (Å²) in [4.78, 5) is 53.8. The number of hydrogen-bond acceptors (Lipinski definition) is 6. The van der Waals surface area contributed by atoms with Crippen molar-refractivity contribution in [2.24, 2.45) is 0 Å². The monoisotopic (exact) mass is 563 g/mol. The molecule has 2 aromatic carbocycles. The van der Waals surface area contributed by atoms with E-state index in [9.17, 15) is 19.2 Å². The van der Waals surface area contributed by atoms with E-state index in [4.69, 9.17) is 15.9 Å². The van der Waals surface area contributed by atoms with Gasteiger partial charge < -0.3 is 20.1 Å². The van der Waals surface area contributed by atoms with Crippen molar-refractivity contribution >= 4 is 23.9 Å². The number of hydrogen-bond donors (Lipinski definition) is 2. The Morgan fingerprint density at radius 3 is 1.95 bits per heavy atom. The molecule has 0 saturated carbocycles. The quantitative estimate of drug-likeness (QED) is 0.265. The molecule has 3 amide bonds. The third-order valence-electron chi connectivity index (χ3n) is 5.67. The van der Waals surface area contributed by atoms with Crippen LogP contribution in [0.25, 0.3) is 0 Å². The molecule has 41 heavy (non-hydrogen) atoms. The molecule has 0 fully saturated rings. The van der Waals surface area contributed by atoms with Gasteiger partial charge in [0.25, 0.3) is 5.91 Å². The highest BCUT2D eigenvalue weighted by Crippen LogP contribution is 2.23. The maximum absolute atomic E-state index is 13.9. The van der Waals surface area contributed by atoms with E-state index in [1.807, 2.05) is 37.3 Å². The summed E-state index contributed by atoms with van der Waals surface area (Å²) in [7, 11) is 0. The zero-order chi connectivity index (χ0) is 31.0. The summed E-state index contributed by atoms with van der Waals surface area (Å²) in [5.74, 6) is -2.02. The molecule has 220 valence electrons. The minimum atomic E-state index is -1.31. The number of amides is 3. The van der Waals surface area contributed by atoms with E-state index >= 15 is 0 Å². The lowest BCUT2D eigenvalue weighted by Gasteiger charge is -2.31. The van der Waals surface area contributed by atoms with Crippen LogP contribution < -0.4 is 10.6 Å². The molecule has 0 aliphatic carbocycles. The molecule has 0 heterocycles. The third-order valence-corrected chi connectivity index (χ3v) is 5.67. The summed E-state index contributed by atoms with van der Waals surface area (Å²) in [6.07, 6.45) is 5.14. The molecule has 2 rings (SSSR count). The van der Waals surface area contributed by atoms with Crippen LogP contribution in [-0.4, -0.2) is 52.1 Å². The molecule has 0 spiro atoms. The molecule has 0 aromatic heterocycles. The highest BCUT2D eigenvalue weighted by molar-refractivity contribution is 5.94. The van der Waals surface area contributed by atoms with Gasteiger partial charge >= 0.3 is 12.1 Å². The molecule has 0 radical (unpaired) electrons. The van der Waals surface area contributed by atoms with Gasteiger partial charge in [0.2, 0.25) is 5.91 Å². The Labute approximate surface area is 243 Å². The summed E-state index contributed by atoms with van der Waals surface area (Å²) < 4.78 is 10.8. The molecule has 2 aromatic rings. The number of carbonyl (C=O) groups is 4. The number of ether oxygens (including phenoxy) is 2. The van der Waals surface area contributed by atoms with Crippen LogP contribution in [-0.2, 0) is 30.3 Å². The van der Waals surface area contributed by atoms with Crippen LogP contribution >= 0.6 is 0 Å². The molecule has 0 saturated heterocycles.